The van der Waals surface area contributed by atoms with Crippen molar-refractivity contribution in [3.63, 3.8) is 0 Å². The van der Waals surface area contributed by atoms with Crippen LogP contribution in [0.25, 0.3) is 0 Å². The number of anilines is 2. The van der Waals surface area contributed by atoms with Gasteiger partial charge < -0.3 is 10.6 Å². The molecule has 0 aliphatic heterocycles. The Balaban J connectivity index is 1.50. The van der Waals surface area contributed by atoms with Gasteiger partial charge in [-0.1, -0.05) is 47.0 Å². The van der Waals surface area contributed by atoms with Crippen LogP contribution in [-0.4, -0.2) is 15.2 Å². The van der Waals surface area contributed by atoms with E-state index >= 15 is 0 Å². The zero-order valence-corrected chi connectivity index (χ0v) is 21.1. The summed E-state index contributed by atoms with van der Waals surface area (Å²) < 4.78 is 11.8. The van der Waals surface area contributed by atoms with E-state index < -0.39 is 16.2 Å². The normalized spacial score (nSPS) is 18.5. The maximum atomic E-state index is 13.1. The molecule has 170 valence electrons. The number of amides is 1. The summed E-state index contributed by atoms with van der Waals surface area (Å²) in [4.78, 5) is 13.3. The van der Waals surface area contributed by atoms with Gasteiger partial charge in [0.15, 0.2) is 0 Å². The Kier molecular flexibility index (Phi) is 7.11. The van der Waals surface area contributed by atoms with Crippen LogP contribution in [0.4, 0.5) is 15.8 Å². The fraction of sp³-hybridized carbons (Fsp3) is 0.130. The quantitative estimate of drug-likeness (QED) is 0.244. The SMILES string of the molecule is O=C(Nc1ccc(Cl)c(C(=S)Nc2ccc(F)cc2)c1)C1C(c2cc(Cl)cc(Cl)c2)C1(Cl)Cl. The van der Waals surface area contributed by atoms with Crippen molar-refractivity contribution in [3.05, 3.63) is 92.7 Å². The van der Waals surface area contributed by atoms with Crippen LogP contribution in [-0.2, 0) is 4.79 Å². The molecule has 3 aromatic rings. The van der Waals surface area contributed by atoms with Crippen molar-refractivity contribution in [3.8, 4) is 0 Å². The van der Waals surface area contributed by atoms with Crippen molar-refractivity contribution in [2.24, 2.45) is 5.92 Å². The molecule has 0 heterocycles. The fourth-order valence-electron chi connectivity index (χ4n) is 3.55. The molecule has 0 saturated heterocycles. The standard InChI is InChI=1S/C23H14Cl5FN2OS/c24-12-7-11(8-13(25)9-12)19-20(23(19,27)28)21(32)30-16-5-6-18(26)17(10-16)22(33)31-15-3-1-14(29)2-4-15/h1-10,19-20H,(H,30,32)(H,31,33). The van der Waals surface area contributed by atoms with Gasteiger partial charge in [0.05, 0.1) is 10.9 Å². The molecule has 0 spiro atoms. The molecular formula is C23H14Cl5FN2OS. The zero-order valence-electron chi connectivity index (χ0n) is 16.5. The third-order valence-corrected chi connectivity index (χ3v) is 7.19. The van der Waals surface area contributed by atoms with Gasteiger partial charge in [0, 0.05) is 32.9 Å². The molecule has 1 saturated carbocycles. The van der Waals surface area contributed by atoms with E-state index in [-0.39, 0.29) is 11.7 Å². The number of thiocarbonyl (C=S) groups is 1. The van der Waals surface area contributed by atoms with Crippen molar-refractivity contribution in [2.45, 2.75) is 10.3 Å². The van der Waals surface area contributed by atoms with Gasteiger partial charge in [-0.15, -0.1) is 23.2 Å². The van der Waals surface area contributed by atoms with Crippen molar-refractivity contribution in [2.75, 3.05) is 10.6 Å². The summed E-state index contributed by atoms with van der Waals surface area (Å²) >= 11 is 36.7. The van der Waals surface area contributed by atoms with E-state index in [1.54, 1.807) is 48.5 Å². The number of halogens is 6. The van der Waals surface area contributed by atoms with Gasteiger partial charge in [-0.3, -0.25) is 4.79 Å². The minimum absolute atomic E-state index is 0.310. The lowest BCUT2D eigenvalue weighted by molar-refractivity contribution is -0.117. The molecule has 1 amide bonds. The Bertz CT molecular complexity index is 1230. The number of benzene rings is 3. The highest BCUT2D eigenvalue weighted by Crippen LogP contribution is 2.65. The molecule has 3 nitrogen and oxygen atoms in total. The molecule has 1 aliphatic carbocycles. The second-order valence-electron chi connectivity index (χ2n) is 7.48. The fourth-order valence-corrected chi connectivity index (χ4v) is 5.48. The van der Waals surface area contributed by atoms with Gasteiger partial charge in [-0.2, -0.15) is 0 Å². The van der Waals surface area contributed by atoms with Crippen LogP contribution in [0, 0.1) is 11.7 Å². The molecule has 10 heteroatoms. The predicted octanol–water partition coefficient (Wildman–Crippen LogP) is 8.10. The third-order valence-electron chi connectivity index (χ3n) is 5.16. The predicted molar refractivity (Wildman–Crippen MR) is 139 cm³/mol. The van der Waals surface area contributed by atoms with Crippen LogP contribution >= 0.6 is 70.2 Å². The largest absolute Gasteiger partial charge is 0.346 e. The highest BCUT2D eigenvalue weighted by molar-refractivity contribution is 7.81. The topological polar surface area (TPSA) is 41.1 Å². The first kappa shape index (κ1) is 24.5. The molecule has 2 atom stereocenters. The number of hydrogen-bond acceptors (Lipinski definition) is 2. The molecule has 0 bridgehead atoms. The molecule has 1 fully saturated rings. The van der Waals surface area contributed by atoms with Crippen LogP contribution in [0.15, 0.2) is 60.7 Å². The second-order valence-corrected chi connectivity index (χ2v) is 10.6. The summed E-state index contributed by atoms with van der Waals surface area (Å²) in [6.07, 6.45) is 0. The third kappa shape index (κ3) is 5.40. The molecule has 1 aliphatic rings. The number of carbonyl (C=O) groups is 1. The summed E-state index contributed by atoms with van der Waals surface area (Å²) in [5.74, 6) is -1.90. The molecule has 0 radical (unpaired) electrons. The van der Waals surface area contributed by atoms with Crippen LogP contribution in [0.1, 0.15) is 17.0 Å². The maximum Gasteiger partial charge on any atom is 0.231 e. The molecule has 33 heavy (non-hydrogen) atoms. The molecule has 2 N–H and O–H groups in total. The Morgan fingerprint density at radius 3 is 2.12 bits per heavy atom. The molecule has 2 unspecified atom stereocenters. The first-order valence-corrected chi connectivity index (χ1v) is 11.9. The van der Waals surface area contributed by atoms with Crippen molar-refractivity contribution in [1.29, 1.82) is 0 Å². The van der Waals surface area contributed by atoms with E-state index in [9.17, 15) is 9.18 Å². The van der Waals surface area contributed by atoms with Crippen LogP contribution in [0.3, 0.4) is 0 Å². The minimum Gasteiger partial charge on any atom is -0.346 e. The monoisotopic (exact) mass is 560 g/mol. The van der Waals surface area contributed by atoms with E-state index in [1.165, 1.54) is 12.1 Å². The highest BCUT2D eigenvalue weighted by atomic mass is 35.5. The Morgan fingerprint density at radius 1 is 0.879 bits per heavy atom. The average molecular weight is 563 g/mol. The lowest BCUT2D eigenvalue weighted by Crippen LogP contribution is -2.18. The molecule has 4 rings (SSSR count). The van der Waals surface area contributed by atoms with Gasteiger partial charge in [0.25, 0.3) is 0 Å². The zero-order chi connectivity index (χ0) is 23.9. The lowest BCUT2D eigenvalue weighted by Gasteiger charge is -2.12. The second kappa shape index (κ2) is 9.57. The van der Waals surface area contributed by atoms with E-state index in [4.69, 9.17) is 70.2 Å². The lowest BCUT2D eigenvalue weighted by atomic mass is 10.1. The first-order chi connectivity index (χ1) is 15.6. The summed E-state index contributed by atoms with van der Waals surface area (Å²) in [7, 11) is 0. The molecule has 0 aromatic heterocycles. The van der Waals surface area contributed by atoms with Crippen LogP contribution in [0.2, 0.25) is 15.1 Å². The average Bonchev–Trinajstić information content (AvgIpc) is 3.32. The summed E-state index contributed by atoms with van der Waals surface area (Å²) in [5.41, 5.74) is 2.23. The van der Waals surface area contributed by atoms with Gasteiger partial charge in [0.1, 0.15) is 15.1 Å². The molecule has 3 aromatic carbocycles. The van der Waals surface area contributed by atoms with E-state index in [0.717, 1.165) is 0 Å². The summed E-state index contributed by atoms with van der Waals surface area (Å²) in [6, 6.07) is 15.6. The van der Waals surface area contributed by atoms with Gasteiger partial charge in [-0.05, 0) is 66.2 Å². The van der Waals surface area contributed by atoms with E-state index in [1.807, 2.05) is 0 Å². The van der Waals surface area contributed by atoms with Gasteiger partial charge in [-0.25, -0.2) is 4.39 Å². The summed E-state index contributed by atoms with van der Waals surface area (Å²) in [6.45, 7) is 0. The highest BCUT2D eigenvalue weighted by Gasteiger charge is 2.67. The maximum absolute atomic E-state index is 13.1. The van der Waals surface area contributed by atoms with E-state index in [2.05, 4.69) is 10.6 Å². The minimum atomic E-state index is -1.30. The van der Waals surface area contributed by atoms with Gasteiger partial charge >= 0.3 is 0 Å². The Morgan fingerprint density at radius 2 is 1.48 bits per heavy atom. The van der Waals surface area contributed by atoms with E-state index in [0.29, 0.717) is 42.6 Å². The van der Waals surface area contributed by atoms with Crippen LogP contribution < -0.4 is 10.6 Å². The first-order valence-electron chi connectivity index (χ1n) is 9.57. The summed E-state index contributed by atoms with van der Waals surface area (Å²) in [5, 5.41) is 7.05. The van der Waals surface area contributed by atoms with Crippen molar-refractivity contribution >= 4 is 92.5 Å². The van der Waals surface area contributed by atoms with Crippen LogP contribution in [0.5, 0.6) is 0 Å². The number of alkyl halides is 2. The van der Waals surface area contributed by atoms with Gasteiger partial charge in [0.2, 0.25) is 5.91 Å². The van der Waals surface area contributed by atoms with Crippen molar-refractivity contribution in [1.82, 2.24) is 0 Å². The Labute approximate surface area is 220 Å². The van der Waals surface area contributed by atoms with Crippen molar-refractivity contribution < 1.29 is 9.18 Å². The number of rotatable bonds is 5. The number of nitrogens with one attached hydrogen (secondary N) is 2. The smallest absolute Gasteiger partial charge is 0.231 e. The number of hydrogen-bond donors (Lipinski definition) is 2. The number of carbonyl (C=O) groups excluding carboxylic acids is 1. The Hall–Kier alpha value is -1.60. The molecular weight excluding hydrogens is 549 g/mol.